The van der Waals surface area contributed by atoms with E-state index >= 15 is 0 Å². The van der Waals surface area contributed by atoms with Crippen LogP contribution in [0.25, 0.3) is 0 Å². The van der Waals surface area contributed by atoms with Crippen LogP contribution in [0.2, 0.25) is 10.0 Å². The van der Waals surface area contributed by atoms with Crippen LogP contribution >= 0.6 is 23.2 Å². The molecular weight excluding hydrogens is 396 g/mol. The molecule has 1 aromatic carbocycles. The third-order valence-electron chi connectivity index (χ3n) is 4.88. The summed E-state index contributed by atoms with van der Waals surface area (Å²) in [6, 6.07) is 3.18. The van der Waals surface area contributed by atoms with Gasteiger partial charge in [0.25, 0.3) is 5.91 Å². The van der Waals surface area contributed by atoms with Gasteiger partial charge in [0.1, 0.15) is 5.75 Å². The number of phenols is 1. The van der Waals surface area contributed by atoms with Gasteiger partial charge in [-0.15, -0.1) is 0 Å². The monoisotopic (exact) mass is 413 g/mol. The van der Waals surface area contributed by atoms with Crippen LogP contribution in [0, 0.1) is 11.7 Å². The average Bonchev–Trinajstić information content (AvgIpc) is 2.66. The number of H-pyrrole nitrogens is 1. The van der Waals surface area contributed by atoms with Crippen LogP contribution < -0.4 is 11.3 Å². The first-order chi connectivity index (χ1) is 12.8. The van der Waals surface area contributed by atoms with E-state index in [0.717, 1.165) is 0 Å². The minimum Gasteiger partial charge on any atom is -0.507 e. The first-order valence-corrected chi connectivity index (χ1v) is 9.15. The summed E-state index contributed by atoms with van der Waals surface area (Å²) in [6.07, 6.45) is 2.45. The van der Waals surface area contributed by atoms with Crippen molar-refractivity contribution in [1.82, 2.24) is 9.88 Å². The fourth-order valence-corrected chi connectivity index (χ4v) is 3.68. The predicted octanol–water partition coefficient (Wildman–Crippen LogP) is 3.08. The Bertz CT molecular complexity index is 906. The molecule has 0 saturated carbocycles. The maximum absolute atomic E-state index is 14.4. The highest BCUT2D eigenvalue weighted by Crippen LogP contribution is 2.40. The molecule has 0 bridgehead atoms. The van der Waals surface area contributed by atoms with Gasteiger partial charge in [-0.2, -0.15) is 0 Å². The molecule has 1 saturated heterocycles. The van der Waals surface area contributed by atoms with Crippen molar-refractivity contribution in [3.05, 3.63) is 61.7 Å². The smallest absolute Gasteiger partial charge is 0.255 e. The third-order valence-corrected chi connectivity index (χ3v) is 5.64. The Hall–Kier alpha value is -2.09. The second-order valence-corrected chi connectivity index (χ2v) is 7.30. The Kier molecular flexibility index (Phi) is 5.74. The molecule has 1 aliphatic rings. The highest BCUT2D eigenvalue weighted by atomic mass is 35.5. The number of aromatic nitrogens is 1. The molecule has 2 heterocycles. The normalized spacial score (nSPS) is 16.4. The lowest BCUT2D eigenvalue weighted by molar-refractivity contribution is 0.0676. The van der Waals surface area contributed by atoms with Gasteiger partial charge in [-0.25, -0.2) is 4.39 Å². The lowest BCUT2D eigenvalue weighted by Gasteiger charge is -2.35. The second-order valence-electron chi connectivity index (χ2n) is 6.52. The summed E-state index contributed by atoms with van der Waals surface area (Å²) in [5.74, 6) is -1.48. The largest absolute Gasteiger partial charge is 0.507 e. The number of nitrogens with zero attached hydrogens (tertiary/aromatic N) is 1. The van der Waals surface area contributed by atoms with E-state index in [0.29, 0.717) is 31.5 Å². The highest BCUT2D eigenvalue weighted by Gasteiger charge is 2.31. The van der Waals surface area contributed by atoms with Gasteiger partial charge in [0.05, 0.1) is 15.6 Å². The Morgan fingerprint density at radius 3 is 2.59 bits per heavy atom. The molecule has 2 aromatic rings. The van der Waals surface area contributed by atoms with Crippen molar-refractivity contribution in [2.45, 2.75) is 18.9 Å². The standard InChI is InChI=1S/C18H18Cl2FN3O3/c19-11-7-12(25)14(16(21)15(11)20)17(22)9-3-5-24(6-4-9)18(27)10-1-2-13(26)23-8-10/h1-2,7-9,17,25H,3-6,22H2,(H,23,26). The van der Waals surface area contributed by atoms with Crippen molar-refractivity contribution in [2.75, 3.05) is 13.1 Å². The number of aromatic amines is 1. The summed E-state index contributed by atoms with van der Waals surface area (Å²) in [4.78, 5) is 27.7. The van der Waals surface area contributed by atoms with Gasteiger partial charge in [-0.1, -0.05) is 23.2 Å². The van der Waals surface area contributed by atoms with Gasteiger partial charge in [-0.05, 0) is 24.8 Å². The predicted molar refractivity (Wildman–Crippen MR) is 101 cm³/mol. The Labute approximate surface area is 164 Å². The van der Waals surface area contributed by atoms with Gasteiger partial charge >= 0.3 is 0 Å². The summed E-state index contributed by atoms with van der Waals surface area (Å²) < 4.78 is 14.4. The molecule has 1 aromatic heterocycles. The molecule has 1 amide bonds. The lowest BCUT2D eigenvalue weighted by atomic mass is 9.85. The number of hydrogen-bond donors (Lipinski definition) is 3. The van der Waals surface area contributed by atoms with Gasteiger partial charge in [0.2, 0.25) is 5.56 Å². The number of carbonyl (C=O) groups excluding carboxylic acids is 1. The van der Waals surface area contributed by atoms with E-state index in [1.807, 2.05) is 0 Å². The molecule has 144 valence electrons. The number of nitrogens with one attached hydrogen (secondary N) is 1. The van der Waals surface area contributed by atoms with Crippen molar-refractivity contribution >= 4 is 29.1 Å². The number of carbonyl (C=O) groups is 1. The summed E-state index contributed by atoms with van der Waals surface area (Å²) in [6.45, 7) is 0.861. The number of nitrogens with two attached hydrogens (primary N) is 1. The minimum absolute atomic E-state index is 0.0604. The van der Waals surface area contributed by atoms with Crippen molar-refractivity contribution in [3.8, 4) is 5.75 Å². The zero-order chi connectivity index (χ0) is 19.7. The van der Waals surface area contributed by atoms with Crippen molar-refractivity contribution in [2.24, 2.45) is 11.7 Å². The van der Waals surface area contributed by atoms with E-state index in [4.69, 9.17) is 28.9 Å². The molecule has 0 aliphatic carbocycles. The molecule has 4 N–H and O–H groups in total. The van der Waals surface area contributed by atoms with Gasteiger partial charge in [0, 0.05) is 43.0 Å². The quantitative estimate of drug-likeness (QED) is 0.673. The van der Waals surface area contributed by atoms with Crippen LogP contribution in [-0.2, 0) is 0 Å². The zero-order valence-corrected chi connectivity index (χ0v) is 15.7. The van der Waals surface area contributed by atoms with Crippen LogP contribution in [0.5, 0.6) is 5.75 Å². The lowest BCUT2D eigenvalue weighted by Crippen LogP contribution is -2.41. The summed E-state index contributed by atoms with van der Waals surface area (Å²) in [5.41, 5.74) is 6.25. The molecule has 1 unspecified atom stereocenters. The van der Waals surface area contributed by atoms with Crippen LogP contribution in [0.15, 0.2) is 29.2 Å². The van der Waals surface area contributed by atoms with Crippen LogP contribution in [0.4, 0.5) is 4.39 Å². The number of pyridine rings is 1. The molecular formula is C18H18Cl2FN3O3. The summed E-state index contributed by atoms with van der Waals surface area (Å²) in [7, 11) is 0. The van der Waals surface area contributed by atoms with E-state index in [9.17, 15) is 19.1 Å². The number of halogens is 3. The topological polar surface area (TPSA) is 99.4 Å². The van der Waals surface area contributed by atoms with E-state index in [1.54, 1.807) is 4.90 Å². The van der Waals surface area contributed by atoms with Crippen molar-refractivity contribution in [3.63, 3.8) is 0 Å². The first kappa shape index (κ1) is 19.7. The number of rotatable bonds is 3. The number of piperidine rings is 1. The Morgan fingerprint density at radius 2 is 2.00 bits per heavy atom. The Morgan fingerprint density at radius 1 is 1.33 bits per heavy atom. The van der Waals surface area contributed by atoms with E-state index in [2.05, 4.69) is 4.98 Å². The summed E-state index contributed by atoms with van der Waals surface area (Å²) in [5, 5.41) is 9.70. The molecule has 1 aliphatic heterocycles. The highest BCUT2D eigenvalue weighted by molar-refractivity contribution is 6.42. The SMILES string of the molecule is NC(c1c(O)cc(Cl)c(Cl)c1F)C1CCN(C(=O)c2ccc(=O)[nH]c2)CC1. The Balaban J connectivity index is 1.70. The van der Waals surface area contributed by atoms with Gasteiger partial charge in [-0.3, -0.25) is 9.59 Å². The van der Waals surface area contributed by atoms with Gasteiger partial charge in [0.15, 0.2) is 5.82 Å². The zero-order valence-electron chi connectivity index (χ0n) is 14.2. The second kappa shape index (κ2) is 7.88. The first-order valence-electron chi connectivity index (χ1n) is 8.39. The summed E-state index contributed by atoms with van der Waals surface area (Å²) >= 11 is 11.6. The average molecular weight is 414 g/mol. The van der Waals surface area contributed by atoms with E-state index < -0.39 is 11.9 Å². The number of hydrogen-bond acceptors (Lipinski definition) is 4. The number of aromatic hydroxyl groups is 1. The fourth-order valence-electron chi connectivity index (χ4n) is 3.34. The molecule has 3 rings (SSSR count). The van der Waals surface area contributed by atoms with Crippen LogP contribution in [0.1, 0.15) is 34.8 Å². The van der Waals surface area contributed by atoms with Crippen molar-refractivity contribution in [1.29, 1.82) is 0 Å². The molecule has 1 atom stereocenters. The number of benzene rings is 1. The van der Waals surface area contributed by atoms with Gasteiger partial charge < -0.3 is 20.7 Å². The molecule has 0 spiro atoms. The third kappa shape index (κ3) is 3.95. The molecule has 9 heteroatoms. The number of amides is 1. The number of phenolic OH excluding ortho intramolecular Hbond substituents is 1. The minimum atomic E-state index is -0.819. The molecule has 6 nitrogen and oxygen atoms in total. The number of likely N-dealkylation sites (tertiary alicyclic amines) is 1. The maximum Gasteiger partial charge on any atom is 0.255 e. The molecule has 27 heavy (non-hydrogen) atoms. The van der Waals surface area contributed by atoms with E-state index in [-0.39, 0.29) is 38.7 Å². The fraction of sp³-hybridized carbons (Fsp3) is 0.333. The molecule has 1 fully saturated rings. The van der Waals surface area contributed by atoms with Crippen LogP contribution in [-0.4, -0.2) is 34.0 Å². The molecule has 0 radical (unpaired) electrons. The van der Waals surface area contributed by atoms with Crippen LogP contribution in [0.3, 0.4) is 0 Å². The maximum atomic E-state index is 14.4. The van der Waals surface area contributed by atoms with Crippen molar-refractivity contribution < 1.29 is 14.3 Å². The van der Waals surface area contributed by atoms with E-state index in [1.165, 1.54) is 24.4 Å².